The molecule has 1 atom stereocenters. The first-order valence-corrected chi connectivity index (χ1v) is 5.74. The van der Waals surface area contributed by atoms with E-state index in [1.54, 1.807) is 14.0 Å². The maximum absolute atomic E-state index is 10.9. The standard InChI is InChI=1S/C11H24N2O4/c1-11(13,10(12)14)4-7-17-9-8-16-6-3-5-15-2/h3-9,13H2,1-2H3,(H2,12,14). The Bertz CT molecular complexity index is 210. The lowest BCUT2D eigenvalue weighted by Gasteiger charge is -2.19. The van der Waals surface area contributed by atoms with Gasteiger partial charge in [-0.1, -0.05) is 0 Å². The number of carbonyl (C=O) groups excluding carboxylic acids is 1. The van der Waals surface area contributed by atoms with Crippen LogP contribution in [0.4, 0.5) is 0 Å². The molecule has 17 heavy (non-hydrogen) atoms. The van der Waals surface area contributed by atoms with Gasteiger partial charge in [-0.25, -0.2) is 0 Å². The molecule has 0 bridgehead atoms. The van der Waals surface area contributed by atoms with Crippen LogP contribution in [-0.2, 0) is 19.0 Å². The smallest absolute Gasteiger partial charge is 0.237 e. The Hall–Kier alpha value is -0.690. The summed E-state index contributed by atoms with van der Waals surface area (Å²) in [6.45, 7) is 4.37. The Morgan fingerprint density at radius 2 is 1.71 bits per heavy atom. The third-order valence-corrected chi connectivity index (χ3v) is 2.34. The Kier molecular flexibility index (Phi) is 8.97. The lowest BCUT2D eigenvalue weighted by Crippen LogP contribution is -2.50. The molecule has 6 heteroatoms. The van der Waals surface area contributed by atoms with Crippen LogP contribution in [0.3, 0.4) is 0 Å². The highest BCUT2D eigenvalue weighted by atomic mass is 16.5. The van der Waals surface area contributed by atoms with Gasteiger partial charge in [-0.05, 0) is 19.8 Å². The average molecular weight is 248 g/mol. The molecule has 0 heterocycles. The number of carbonyl (C=O) groups is 1. The Morgan fingerprint density at radius 3 is 2.24 bits per heavy atom. The second-order valence-electron chi connectivity index (χ2n) is 4.10. The second kappa shape index (κ2) is 9.35. The van der Waals surface area contributed by atoms with Gasteiger partial charge in [0.25, 0.3) is 0 Å². The molecular formula is C11H24N2O4. The predicted molar refractivity (Wildman–Crippen MR) is 64.5 cm³/mol. The normalized spacial score (nSPS) is 14.5. The van der Waals surface area contributed by atoms with Crippen molar-refractivity contribution >= 4 is 5.91 Å². The van der Waals surface area contributed by atoms with Crippen molar-refractivity contribution in [2.24, 2.45) is 11.5 Å². The van der Waals surface area contributed by atoms with Crippen molar-refractivity contribution in [3.05, 3.63) is 0 Å². The summed E-state index contributed by atoms with van der Waals surface area (Å²) in [5, 5.41) is 0. The van der Waals surface area contributed by atoms with E-state index in [1.807, 2.05) is 0 Å². The monoisotopic (exact) mass is 248 g/mol. The highest BCUT2D eigenvalue weighted by Crippen LogP contribution is 2.04. The van der Waals surface area contributed by atoms with E-state index in [0.717, 1.165) is 6.42 Å². The van der Waals surface area contributed by atoms with E-state index < -0.39 is 11.4 Å². The van der Waals surface area contributed by atoms with Crippen molar-refractivity contribution in [3.8, 4) is 0 Å². The number of ether oxygens (including phenoxy) is 3. The highest BCUT2D eigenvalue weighted by Gasteiger charge is 2.24. The lowest BCUT2D eigenvalue weighted by molar-refractivity contribution is -0.123. The maximum atomic E-state index is 10.9. The van der Waals surface area contributed by atoms with Gasteiger partial charge in [0.1, 0.15) is 0 Å². The van der Waals surface area contributed by atoms with Gasteiger partial charge in [-0.3, -0.25) is 4.79 Å². The third-order valence-electron chi connectivity index (χ3n) is 2.34. The van der Waals surface area contributed by atoms with Gasteiger partial charge in [0.15, 0.2) is 0 Å². The molecule has 102 valence electrons. The summed E-state index contributed by atoms with van der Waals surface area (Å²) in [4.78, 5) is 10.9. The van der Waals surface area contributed by atoms with Gasteiger partial charge in [-0.15, -0.1) is 0 Å². The SMILES string of the molecule is COCCCOCCOCCC(C)(N)C(N)=O. The van der Waals surface area contributed by atoms with Crippen LogP contribution in [0.2, 0.25) is 0 Å². The van der Waals surface area contributed by atoms with Crippen LogP contribution >= 0.6 is 0 Å². The zero-order chi connectivity index (χ0) is 13.1. The number of rotatable bonds is 11. The number of hydrogen-bond donors (Lipinski definition) is 2. The first-order chi connectivity index (χ1) is 8.00. The van der Waals surface area contributed by atoms with E-state index in [2.05, 4.69) is 0 Å². The topological polar surface area (TPSA) is 96.8 Å². The van der Waals surface area contributed by atoms with Crippen molar-refractivity contribution in [2.75, 3.05) is 40.1 Å². The summed E-state index contributed by atoms with van der Waals surface area (Å²) in [7, 11) is 1.66. The summed E-state index contributed by atoms with van der Waals surface area (Å²) in [5.74, 6) is -0.517. The fourth-order valence-corrected chi connectivity index (χ4v) is 1.03. The summed E-state index contributed by atoms with van der Waals surface area (Å²) < 4.78 is 15.4. The summed E-state index contributed by atoms with van der Waals surface area (Å²) in [5.41, 5.74) is 9.78. The third kappa shape index (κ3) is 9.05. The van der Waals surface area contributed by atoms with E-state index in [-0.39, 0.29) is 0 Å². The van der Waals surface area contributed by atoms with Crippen molar-refractivity contribution in [3.63, 3.8) is 0 Å². The van der Waals surface area contributed by atoms with E-state index in [0.29, 0.717) is 39.5 Å². The van der Waals surface area contributed by atoms with Crippen LogP contribution in [0.25, 0.3) is 0 Å². The van der Waals surface area contributed by atoms with Gasteiger partial charge in [0.2, 0.25) is 5.91 Å². The minimum atomic E-state index is -1.00. The molecule has 0 radical (unpaired) electrons. The van der Waals surface area contributed by atoms with Crippen LogP contribution in [0.1, 0.15) is 19.8 Å². The van der Waals surface area contributed by atoms with E-state index in [4.69, 9.17) is 25.7 Å². The molecule has 0 aromatic heterocycles. The molecule has 0 saturated carbocycles. The molecule has 1 amide bonds. The lowest BCUT2D eigenvalue weighted by atomic mass is 9.99. The zero-order valence-electron chi connectivity index (χ0n) is 10.7. The molecule has 0 saturated heterocycles. The van der Waals surface area contributed by atoms with Crippen molar-refractivity contribution in [2.45, 2.75) is 25.3 Å². The first kappa shape index (κ1) is 16.3. The van der Waals surface area contributed by atoms with E-state index >= 15 is 0 Å². The van der Waals surface area contributed by atoms with Crippen LogP contribution in [0.15, 0.2) is 0 Å². The molecular weight excluding hydrogens is 224 g/mol. The number of methoxy groups -OCH3 is 1. The number of hydrogen-bond acceptors (Lipinski definition) is 5. The van der Waals surface area contributed by atoms with Gasteiger partial charge >= 0.3 is 0 Å². The van der Waals surface area contributed by atoms with Crippen LogP contribution in [0.5, 0.6) is 0 Å². The molecule has 0 aliphatic heterocycles. The Labute approximate surface area is 103 Å². The molecule has 4 N–H and O–H groups in total. The van der Waals surface area contributed by atoms with Gasteiger partial charge < -0.3 is 25.7 Å². The molecule has 0 fully saturated rings. The maximum Gasteiger partial charge on any atom is 0.237 e. The van der Waals surface area contributed by atoms with Crippen LogP contribution in [-0.4, -0.2) is 51.6 Å². The summed E-state index contributed by atoms with van der Waals surface area (Å²) >= 11 is 0. The summed E-state index contributed by atoms with van der Waals surface area (Å²) in [6.07, 6.45) is 1.28. The quantitative estimate of drug-likeness (QED) is 0.487. The zero-order valence-corrected chi connectivity index (χ0v) is 10.7. The van der Waals surface area contributed by atoms with Crippen molar-refractivity contribution < 1.29 is 19.0 Å². The van der Waals surface area contributed by atoms with Crippen molar-refractivity contribution in [1.82, 2.24) is 0 Å². The fourth-order valence-electron chi connectivity index (χ4n) is 1.03. The van der Waals surface area contributed by atoms with Gasteiger partial charge in [-0.2, -0.15) is 0 Å². The van der Waals surface area contributed by atoms with Crippen LogP contribution < -0.4 is 11.5 Å². The fraction of sp³-hybridized carbons (Fsp3) is 0.909. The molecule has 0 rings (SSSR count). The minimum Gasteiger partial charge on any atom is -0.385 e. The number of primary amides is 1. The molecule has 6 nitrogen and oxygen atoms in total. The minimum absolute atomic E-state index is 0.400. The molecule has 0 spiro atoms. The molecule has 0 aliphatic rings. The Balaban J connectivity index is 3.27. The molecule has 0 aromatic rings. The Morgan fingerprint density at radius 1 is 1.12 bits per heavy atom. The van der Waals surface area contributed by atoms with Gasteiger partial charge in [0.05, 0.1) is 18.8 Å². The molecule has 0 aromatic carbocycles. The first-order valence-electron chi connectivity index (χ1n) is 5.74. The van der Waals surface area contributed by atoms with E-state index in [1.165, 1.54) is 0 Å². The van der Waals surface area contributed by atoms with Crippen LogP contribution in [0, 0.1) is 0 Å². The van der Waals surface area contributed by atoms with E-state index in [9.17, 15) is 4.79 Å². The number of amides is 1. The average Bonchev–Trinajstić information content (AvgIpc) is 2.26. The second-order valence-corrected chi connectivity index (χ2v) is 4.10. The molecule has 1 unspecified atom stereocenters. The largest absolute Gasteiger partial charge is 0.385 e. The highest BCUT2D eigenvalue weighted by molar-refractivity contribution is 5.83. The van der Waals surface area contributed by atoms with Crippen molar-refractivity contribution in [1.29, 1.82) is 0 Å². The molecule has 0 aliphatic carbocycles. The van der Waals surface area contributed by atoms with Gasteiger partial charge in [0, 0.05) is 26.9 Å². The number of nitrogens with two attached hydrogens (primary N) is 2. The predicted octanol–water partition coefficient (Wildman–Crippen LogP) is -0.351. The summed E-state index contributed by atoms with van der Waals surface area (Å²) in [6, 6.07) is 0.